The van der Waals surface area contributed by atoms with Gasteiger partial charge in [0.1, 0.15) is 0 Å². The fourth-order valence-corrected chi connectivity index (χ4v) is 4.60. The number of piperazine rings is 1. The zero-order valence-electron chi connectivity index (χ0n) is 14.1. The van der Waals surface area contributed by atoms with E-state index in [-0.39, 0.29) is 11.2 Å². The summed E-state index contributed by atoms with van der Waals surface area (Å²) in [6.07, 6.45) is 2.78. The van der Waals surface area contributed by atoms with E-state index in [4.69, 9.17) is 5.73 Å². The number of rotatable bonds is 7. The van der Waals surface area contributed by atoms with E-state index in [1.54, 1.807) is 4.31 Å². The predicted octanol–water partition coefficient (Wildman–Crippen LogP) is 1.50. The standard InChI is InChI=1S/C15H33N3O2S/c1-5-14(6-8-16)17-9-11-18(12-10-17)21(19,20)13-7-15(2,3)4/h14H,5-13,16H2,1-4H3. The lowest BCUT2D eigenvalue weighted by atomic mass is 9.94. The van der Waals surface area contributed by atoms with Crippen molar-refractivity contribution < 1.29 is 8.42 Å². The second kappa shape index (κ2) is 7.90. The van der Waals surface area contributed by atoms with Gasteiger partial charge in [0, 0.05) is 32.2 Å². The van der Waals surface area contributed by atoms with E-state index in [9.17, 15) is 8.42 Å². The van der Waals surface area contributed by atoms with Crippen molar-refractivity contribution in [3.05, 3.63) is 0 Å². The van der Waals surface area contributed by atoms with Gasteiger partial charge in [-0.05, 0) is 31.2 Å². The molecule has 1 saturated heterocycles. The van der Waals surface area contributed by atoms with Gasteiger partial charge in [0.2, 0.25) is 10.0 Å². The van der Waals surface area contributed by atoms with Crippen molar-refractivity contribution in [2.45, 2.75) is 53.0 Å². The fourth-order valence-electron chi connectivity index (χ4n) is 2.75. The Morgan fingerprint density at radius 2 is 1.71 bits per heavy atom. The molecule has 0 saturated carbocycles. The fraction of sp³-hybridized carbons (Fsp3) is 1.00. The van der Waals surface area contributed by atoms with Crippen LogP contribution in [0.5, 0.6) is 0 Å². The summed E-state index contributed by atoms with van der Waals surface area (Å²) in [5, 5.41) is 0. The maximum Gasteiger partial charge on any atom is 0.214 e. The predicted molar refractivity (Wildman–Crippen MR) is 88.8 cm³/mol. The van der Waals surface area contributed by atoms with E-state index in [0.717, 1.165) is 25.9 Å². The molecule has 1 aliphatic rings. The van der Waals surface area contributed by atoms with Crippen molar-refractivity contribution in [3.63, 3.8) is 0 Å². The molecule has 0 aromatic carbocycles. The smallest absolute Gasteiger partial charge is 0.214 e. The third-order valence-electron chi connectivity index (χ3n) is 4.26. The second-order valence-electron chi connectivity index (χ2n) is 7.20. The van der Waals surface area contributed by atoms with Gasteiger partial charge in [-0.25, -0.2) is 8.42 Å². The van der Waals surface area contributed by atoms with Crippen molar-refractivity contribution in [2.75, 3.05) is 38.5 Å². The average Bonchev–Trinajstić information content (AvgIpc) is 2.42. The van der Waals surface area contributed by atoms with Crippen LogP contribution in [-0.4, -0.2) is 62.1 Å². The van der Waals surface area contributed by atoms with Gasteiger partial charge in [0.15, 0.2) is 0 Å². The van der Waals surface area contributed by atoms with Crippen LogP contribution in [-0.2, 0) is 10.0 Å². The molecule has 1 fully saturated rings. The Hall–Kier alpha value is -0.170. The summed E-state index contributed by atoms with van der Waals surface area (Å²) in [5.74, 6) is 0.260. The highest BCUT2D eigenvalue weighted by molar-refractivity contribution is 7.89. The minimum absolute atomic E-state index is 0.0589. The van der Waals surface area contributed by atoms with Crippen LogP contribution >= 0.6 is 0 Å². The molecule has 2 N–H and O–H groups in total. The maximum absolute atomic E-state index is 12.4. The SMILES string of the molecule is CCC(CCN)N1CCN(S(=O)(=O)CCC(C)(C)C)CC1. The number of hydrogen-bond donors (Lipinski definition) is 1. The van der Waals surface area contributed by atoms with Crippen LogP contribution in [0.4, 0.5) is 0 Å². The Morgan fingerprint density at radius 3 is 2.14 bits per heavy atom. The molecule has 6 heteroatoms. The summed E-state index contributed by atoms with van der Waals surface area (Å²) in [7, 11) is -3.10. The molecule has 0 aromatic heterocycles. The zero-order valence-corrected chi connectivity index (χ0v) is 15.0. The van der Waals surface area contributed by atoms with Gasteiger partial charge < -0.3 is 5.73 Å². The van der Waals surface area contributed by atoms with Gasteiger partial charge >= 0.3 is 0 Å². The Kier molecular flexibility index (Phi) is 7.10. The van der Waals surface area contributed by atoms with Crippen LogP contribution in [0, 0.1) is 5.41 Å². The van der Waals surface area contributed by atoms with Gasteiger partial charge in [0.05, 0.1) is 5.75 Å². The molecule has 1 unspecified atom stereocenters. The molecule has 1 aliphatic heterocycles. The van der Waals surface area contributed by atoms with E-state index in [2.05, 4.69) is 32.6 Å². The van der Waals surface area contributed by atoms with E-state index in [0.29, 0.717) is 32.1 Å². The summed E-state index contributed by atoms with van der Waals surface area (Å²) in [5.41, 5.74) is 5.71. The molecule has 0 spiro atoms. The molecule has 0 amide bonds. The van der Waals surface area contributed by atoms with E-state index in [1.165, 1.54) is 0 Å². The molecule has 0 bridgehead atoms. The first-order valence-corrected chi connectivity index (χ1v) is 9.72. The van der Waals surface area contributed by atoms with Crippen molar-refractivity contribution >= 4 is 10.0 Å². The first-order valence-electron chi connectivity index (χ1n) is 8.11. The van der Waals surface area contributed by atoms with Gasteiger partial charge in [0.25, 0.3) is 0 Å². The van der Waals surface area contributed by atoms with Crippen LogP contribution in [0.15, 0.2) is 0 Å². The van der Waals surface area contributed by atoms with E-state index < -0.39 is 10.0 Å². The van der Waals surface area contributed by atoms with Crippen LogP contribution in [0.1, 0.15) is 47.0 Å². The van der Waals surface area contributed by atoms with E-state index in [1.807, 2.05) is 0 Å². The highest BCUT2D eigenvalue weighted by Crippen LogP contribution is 2.21. The molecular weight excluding hydrogens is 286 g/mol. The quantitative estimate of drug-likeness (QED) is 0.772. The van der Waals surface area contributed by atoms with Crippen LogP contribution in [0.3, 0.4) is 0 Å². The van der Waals surface area contributed by atoms with Crippen molar-refractivity contribution in [3.8, 4) is 0 Å². The lowest BCUT2D eigenvalue weighted by Crippen LogP contribution is -2.52. The molecular formula is C15H33N3O2S. The van der Waals surface area contributed by atoms with Crippen LogP contribution < -0.4 is 5.73 Å². The Balaban J connectivity index is 2.51. The normalized spacial score (nSPS) is 20.6. The Labute approximate surface area is 130 Å². The minimum Gasteiger partial charge on any atom is -0.330 e. The molecule has 0 aromatic rings. The number of hydrogen-bond acceptors (Lipinski definition) is 4. The lowest BCUT2D eigenvalue weighted by molar-refractivity contribution is 0.129. The number of sulfonamides is 1. The van der Waals surface area contributed by atoms with Crippen molar-refractivity contribution in [1.29, 1.82) is 0 Å². The lowest BCUT2D eigenvalue weighted by Gasteiger charge is -2.38. The third-order valence-corrected chi connectivity index (χ3v) is 6.14. The summed E-state index contributed by atoms with van der Waals surface area (Å²) in [6.45, 7) is 12.0. The summed E-state index contributed by atoms with van der Waals surface area (Å²) in [6, 6.07) is 0.495. The topological polar surface area (TPSA) is 66.6 Å². The Bertz CT molecular complexity index is 396. The average molecular weight is 320 g/mol. The first-order chi connectivity index (χ1) is 9.69. The minimum atomic E-state index is -3.10. The van der Waals surface area contributed by atoms with Crippen LogP contribution in [0.25, 0.3) is 0 Å². The molecule has 1 heterocycles. The Morgan fingerprint density at radius 1 is 1.14 bits per heavy atom. The largest absolute Gasteiger partial charge is 0.330 e. The monoisotopic (exact) mass is 319 g/mol. The highest BCUT2D eigenvalue weighted by Gasteiger charge is 2.29. The van der Waals surface area contributed by atoms with E-state index >= 15 is 0 Å². The summed E-state index contributed by atoms with van der Waals surface area (Å²) in [4.78, 5) is 2.39. The highest BCUT2D eigenvalue weighted by atomic mass is 32.2. The molecule has 21 heavy (non-hydrogen) atoms. The third kappa shape index (κ3) is 6.22. The van der Waals surface area contributed by atoms with Crippen molar-refractivity contribution in [1.82, 2.24) is 9.21 Å². The molecule has 126 valence electrons. The number of nitrogens with two attached hydrogens (primary N) is 1. The summed E-state index contributed by atoms with van der Waals surface area (Å²) >= 11 is 0. The first kappa shape index (κ1) is 18.9. The maximum atomic E-state index is 12.4. The second-order valence-corrected chi connectivity index (χ2v) is 9.29. The molecule has 0 aliphatic carbocycles. The van der Waals surface area contributed by atoms with Crippen LogP contribution in [0.2, 0.25) is 0 Å². The zero-order chi connectivity index (χ0) is 16.1. The molecule has 1 atom stereocenters. The van der Waals surface area contributed by atoms with Gasteiger partial charge in [-0.1, -0.05) is 27.7 Å². The van der Waals surface area contributed by atoms with Gasteiger partial charge in [-0.15, -0.1) is 0 Å². The summed E-state index contributed by atoms with van der Waals surface area (Å²) < 4.78 is 26.5. The molecule has 5 nitrogen and oxygen atoms in total. The van der Waals surface area contributed by atoms with Gasteiger partial charge in [-0.2, -0.15) is 4.31 Å². The number of nitrogens with zero attached hydrogens (tertiary/aromatic N) is 2. The van der Waals surface area contributed by atoms with Gasteiger partial charge in [-0.3, -0.25) is 4.90 Å². The molecule has 0 radical (unpaired) electrons. The van der Waals surface area contributed by atoms with Crippen molar-refractivity contribution in [2.24, 2.45) is 11.1 Å². The molecule has 1 rings (SSSR count).